The van der Waals surface area contributed by atoms with Gasteiger partial charge >= 0.3 is 7.60 Å². The first-order valence-electron chi connectivity index (χ1n) is 6.76. The van der Waals surface area contributed by atoms with Gasteiger partial charge in [0, 0.05) is 6.42 Å². The third-order valence-electron chi connectivity index (χ3n) is 2.51. The molecule has 0 fully saturated rings. The highest BCUT2D eigenvalue weighted by molar-refractivity contribution is 7.53. The van der Waals surface area contributed by atoms with Crippen LogP contribution in [0.15, 0.2) is 24.3 Å². The molecule has 0 saturated heterocycles. The van der Waals surface area contributed by atoms with Crippen molar-refractivity contribution < 1.29 is 18.7 Å². The number of hydrogen-bond donors (Lipinski definition) is 1. The van der Waals surface area contributed by atoms with Gasteiger partial charge < -0.3 is 14.2 Å². The Kier molecular flexibility index (Phi) is 7.40. The number of rotatable bonds is 7. The Morgan fingerprint density at radius 2 is 1.85 bits per heavy atom. The van der Waals surface area contributed by atoms with Crippen LogP contribution in [-0.2, 0) is 13.6 Å². The maximum Gasteiger partial charge on any atom is 0.330 e. The van der Waals surface area contributed by atoms with Crippen LogP contribution in [-0.4, -0.2) is 24.5 Å². The van der Waals surface area contributed by atoms with Crippen molar-refractivity contribution in [3.63, 3.8) is 0 Å². The molecule has 4 nitrogen and oxygen atoms in total. The second kappa shape index (κ2) is 8.81. The molecule has 0 bridgehead atoms. The fourth-order valence-electron chi connectivity index (χ4n) is 1.66. The Hall–Kier alpha value is -1.27. The van der Waals surface area contributed by atoms with Crippen LogP contribution in [0.25, 0.3) is 0 Å². The summed E-state index contributed by atoms with van der Waals surface area (Å²) in [7, 11) is -2.96. The number of phenols is 1. The molecule has 1 N–H and O–H groups in total. The van der Waals surface area contributed by atoms with Crippen molar-refractivity contribution in [1.29, 1.82) is 0 Å². The van der Waals surface area contributed by atoms with Crippen LogP contribution in [0.5, 0.6) is 5.75 Å². The summed E-state index contributed by atoms with van der Waals surface area (Å²) in [5, 5.41) is 9.55. The standard InChI is InChI=1S/C15H21O4P/c1-3-18-20(17,19-4-2)13-9-5-6-10-14-11-7-8-12-15(14)16/h7-8,11-12,16H,3-5,9,13H2,1-2H3. The van der Waals surface area contributed by atoms with E-state index in [9.17, 15) is 9.67 Å². The molecule has 1 rings (SSSR count). The molecule has 0 aliphatic rings. The molecule has 0 aliphatic carbocycles. The van der Waals surface area contributed by atoms with Crippen molar-refractivity contribution >= 4 is 7.60 Å². The maximum absolute atomic E-state index is 12.2. The van der Waals surface area contributed by atoms with Gasteiger partial charge in [-0.1, -0.05) is 24.0 Å². The molecule has 0 unspecified atom stereocenters. The molecule has 0 spiro atoms. The number of benzene rings is 1. The van der Waals surface area contributed by atoms with Crippen LogP contribution in [0.2, 0.25) is 0 Å². The summed E-state index contributed by atoms with van der Waals surface area (Å²) in [5.41, 5.74) is 0.602. The van der Waals surface area contributed by atoms with E-state index in [4.69, 9.17) is 9.05 Å². The largest absolute Gasteiger partial charge is 0.507 e. The predicted molar refractivity (Wildman–Crippen MR) is 79.9 cm³/mol. The minimum atomic E-state index is -2.96. The van der Waals surface area contributed by atoms with Gasteiger partial charge in [-0.05, 0) is 32.4 Å². The zero-order chi connectivity index (χ0) is 14.8. The molecular formula is C15H21O4P. The van der Waals surface area contributed by atoms with Crippen LogP contribution in [0.3, 0.4) is 0 Å². The summed E-state index contributed by atoms with van der Waals surface area (Å²) in [4.78, 5) is 0. The molecule has 0 aromatic heterocycles. The minimum absolute atomic E-state index is 0.175. The summed E-state index contributed by atoms with van der Waals surface area (Å²) in [5.74, 6) is 6.02. The van der Waals surface area contributed by atoms with Gasteiger partial charge in [0.05, 0.1) is 24.9 Å². The van der Waals surface area contributed by atoms with Crippen molar-refractivity contribution in [1.82, 2.24) is 0 Å². The molecule has 0 amide bonds. The first-order chi connectivity index (χ1) is 9.61. The minimum Gasteiger partial charge on any atom is -0.507 e. The average molecular weight is 296 g/mol. The highest BCUT2D eigenvalue weighted by Gasteiger charge is 2.22. The summed E-state index contributed by atoms with van der Waals surface area (Å²) < 4.78 is 22.6. The molecular weight excluding hydrogens is 275 g/mol. The number of aromatic hydroxyl groups is 1. The van der Waals surface area contributed by atoms with E-state index < -0.39 is 7.60 Å². The van der Waals surface area contributed by atoms with Gasteiger partial charge in [-0.3, -0.25) is 4.57 Å². The van der Waals surface area contributed by atoms with E-state index in [-0.39, 0.29) is 5.75 Å². The normalized spacial score (nSPS) is 10.9. The number of hydrogen-bond acceptors (Lipinski definition) is 4. The molecule has 0 radical (unpaired) electrons. The fourth-order valence-corrected chi connectivity index (χ4v) is 3.32. The Morgan fingerprint density at radius 3 is 2.45 bits per heavy atom. The molecule has 0 heterocycles. The lowest BCUT2D eigenvalue weighted by molar-refractivity contribution is 0.220. The van der Waals surface area contributed by atoms with E-state index in [1.54, 1.807) is 32.0 Å². The van der Waals surface area contributed by atoms with Crippen LogP contribution < -0.4 is 0 Å². The summed E-state index contributed by atoms with van der Waals surface area (Å²) in [6.45, 7) is 4.34. The summed E-state index contributed by atoms with van der Waals surface area (Å²) in [6.07, 6.45) is 1.58. The van der Waals surface area contributed by atoms with Gasteiger partial charge in [0.2, 0.25) is 0 Å². The molecule has 0 saturated carbocycles. The SMILES string of the molecule is CCOP(=O)(CCCC#Cc1ccccc1O)OCC. The van der Waals surface area contributed by atoms with E-state index in [0.717, 1.165) is 0 Å². The van der Waals surface area contributed by atoms with E-state index in [0.29, 0.717) is 37.8 Å². The maximum atomic E-state index is 12.2. The summed E-state index contributed by atoms with van der Waals surface area (Å²) >= 11 is 0. The molecule has 110 valence electrons. The highest BCUT2D eigenvalue weighted by atomic mass is 31.2. The van der Waals surface area contributed by atoms with E-state index in [2.05, 4.69) is 11.8 Å². The quantitative estimate of drug-likeness (QED) is 0.472. The Labute approximate surface area is 120 Å². The average Bonchev–Trinajstić information content (AvgIpc) is 2.41. The fraction of sp³-hybridized carbons (Fsp3) is 0.467. The van der Waals surface area contributed by atoms with Crippen LogP contribution in [0, 0.1) is 11.8 Å². The van der Waals surface area contributed by atoms with Crippen molar-refractivity contribution in [3.8, 4) is 17.6 Å². The van der Waals surface area contributed by atoms with Gasteiger partial charge in [0.1, 0.15) is 5.75 Å². The monoisotopic (exact) mass is 296 g/mol. The van der Waals surface area contributed by atoms with Crippen molar-refractivity contribution in [2.75, 3.05) is 19.4 Å². The topological polar surface area (TPSA) is 55.8 Å². The molecule has 5 heteroatoms. The van der Waals surface area contributed by atoms with Gasteiger partial charge in [-0.15, -0.1) is 0 Å². The van der Waals surface area contributed by atoms with E-state index in [1.165, 1.54) is 0 Å². The van der Waals surface area contributed by atoms with Crippen LogP contribution in [0.1, 0.15) is 32.3 Å². The van der Waals surface area contributed by atoms with E-state index >= 15 is 0 Å². The van der Waals surface area contributed by atoms with Gasteiger partial charge in [0.25, 0.3) is 0 Å². The van der Waals surface area contributed by atoms with Crippen molar-refractivity contribution in [3.05, 3.63) is 29.8 Å². The van der Waals surface area contributed by atoms with Crippen LogP contribution >= 0.6 is 7.60 Å². The lowest BCUT2D eigenvalue weighted by Gasteiger charge is -2.15. The Morgan fingerprint density at radius 1 is 1.20 bits per heavy atom. The smallest absolute Gasteiger partial charge is 0.330 e. The molecule has 1 aromatic rings. The highest BCUT2D eigenvalue weighted by Crippen LogP contribution is 2.48. The zero-order valence-electron chi connectivity index (χ0n) is 12.0. The lowest BCUT2D eigenvalue weighted by atomic mass is 10.2. The third-order valence-corrected chi connectivity index (χ3v) is 4.68. The number of para-hydroxylation sites is 1. The predicted octanol–water partition coefficient (Wildman–Crippen LogP) is 3.79. The zero-order valence-corrected chi connectivity index (χ0v) is 12.9. The van der Waals surface area contributed by atoms with Gasteiger partial charge in [-0.25, -0.2) is 0 Å². The first-order valence-corrected chi connectivity index (χ1v) is 8.49. The first kappa shape index (κ1) is 16.8. The Bertz CT molecular complexity index is 506. The van der Waals surface area contributed by atoms with Gasteiger partial charge in [-0.2, -0.15) is 0 Å². The Balaban J connectivity index is 2.45. The van der Waals surface area contributed by atoms with Gasteiger partial charge in [0.15, 0.2) is 0 Å². The summed E-state index contributed by atoms with van der Waals surface area (Å²) in [6, 6.07) is 6.93. The van der Waals surface area contributed by atoms with Crippen LogP contribution in [0.4, 0.5) is 0 Å². The molecule has 0 aliphatic heterocycles. The third kappa shape index (κ3) is 5.79. The number of phenolic OH excluding ortho intramolecular Hbond substituents is 1. The second-order valence-electron chi connectivity index (χ2n) is 4.09. The van der Waals surface area contributed by atoms with E-state index in [1.807, 2.05) is 6.07 Å². The van der Waals surface area contributed by atoms with Crippen molar-refractivity contribution in [2.24, 2.45) is 0 Å². The van der Waals surface area contributed by atoms with Crippen molar-refractivity contribution in [2.45, 2.75) is 26.7 Å². The molecule has 1 aromatic carbocycles. The molecule has 20 heavy (non-hydrogen) atoms. The molecule has 0 atom stereocenters. The number of unbranched alkanes of at least 4 members (excludes halogenated alkanes) is 1. The lowest BCUT2D eigenvalue weighted by Crippen LogP contribution is -2.00. The second-order valence-corrected chi connectivity index (χ2v) is 6.28.